The summed E-state index contributed by atoms with van der Waals surface area (Å²) < 4.78 is 5.15. The SMILES string of the molecule is Cc1cccc(SCc2noc(CC(=O)C(C)(C)C)n2)c1. The summed E-state index contributed by atoms with van der Waals surface area (Å²) in [5.74, 6) is 1.76. The first-order valence-electron chi connectivity index (χ1n) is 6.89. The molecule has 0 amide bonds. The van der Waals surface area contributed by atoms with E-state index in [4.69, 9.17) is 4.52 Å². The predicted octanol–water partition coefficient (Wildman–Crippen LogP) is 3.83. The zero-order valence-electron chi connectivity index (χ0n) is 12.8. The highest BCUT2D eigenvalue weighted by molar-refractivity contribution is 7.98. The molecule has 0 radical (unpaired) electrons. The minimum atomic E-state index is -0.384. The Labute approximate surface area is 129 Å². The van der Waals surface area contributed by atoms with E-state index in [9.17, 15) is 4.79 Å². The summed E-state index contributed by atoms with van der Waals surface area (Å²) in [6.07, 6.45) is 0.200. The average Bonchev–Trinajstić information content (AvgIpc) is 2.83. The second kappa shape index (κ2) is 6.43. The maximum Gasteiger partial charge on any atom is 0.234 e. The quantitative estimate of drug-likeness (QED) is 0.786. The van der Waals surface area contributed by atoms with Crippen LogP contribution >= 0.6 is 11.8 Å². The number of hydrogen-bond acceptors (Lipinski definition) is 5. The number of aromatic nitrogens is 2. The second-order valence-electron chi connectivity index (χ2n) is 6.06. The molecule has 1 aromatic heterocycles. The molecule has 0 aliphatic carbocycles. The van der Waals surface area contributed by atoms with Gasteiger partial charge in [-0.3, -0.25) is 4.79 Å². The van der Waals surface area contributed by atoms with Crippen LogP contribution in [0, 0.1) is 12.3 Å². The third kappa shape index (κ3) is 4.70. The smallest absolute Gasteiger partial charge is 0.234 e. The number of carbonyl (C=O) groups excluding carboxylic acids is 1. The molecule has 0 fully saturated rings. The van der Waals surface area contributed by atoms with Gasteiger partial charge in [0.2, 0.25) is 5.89 Å². The summed E-state index contributed by atoms with van der Waals surface area (Å²) in [6.45, 7) is 7.73. The first-order valence-corrected chi connectivity index (χ1v) is 7.87. The number of aryl methyl sites for hydroxylation is 1. The van der Waals surface area contributed by atoms with Crippen LogP contribution in [0.1, 0.15) is 38.0 Å². The normalized spacial score (nSPS) is 11.6. The number of hydrogen-bond donors (Lipinski definition) is 0. The molecule has 1 aromatic carbocycles. The van der Waals surface area contributed by atoms with Crippen LogP contribution in [0.3, 0.4) is 0 Å². The minimum absolute atomic E-state index is 0.101. The topological polar surface area (TPSA) is 56.0 Å². The summed E-state index contributed by atoms with van der Waals surface area (Å²) in [7, 11) is 0. The summed E-state index contributed by atoms with van der Waals surface area (Å²) in [5.41, 5.74) is 0.842. The molecule has 0 aliphatic heterocycles. The molecule has 21 heavy (non-hydrogen) atoms. The maximum atomic E-state index is 11.9. The minimum Gasteiger partial charge on any atom is -0.339 e. The van der Waals surface area contributed by atoms with Gasteiger partial charge >= 0.3 is 0 Å². The van der Waals surface area contributed by atoms with Gasteiger partial charge < -0.3 is 4.52 Å². The van der Waals surface area contributed by atoms with Crippen LogP contribution in [-0.4, -0.2) is 15.9 Å². The van der Waals surface area contributed by atoms with Gasteiger partial charge in [-0.1, -0.05) is 43.6 Å². The molecule has 5 heteroatoms. The second-order valence-corrected chi connectivity index (χ2v) is 7.11. The number of benzene rings is 1. The first kappa shape index (κ1) is 15.8. The van der Waals surface area contributed by atoms with Crippen molar-refractivity contribution in [3.8, 4) is 0 Å². The number of nitrogens with zero attached hydrogens (tertiary/aromatic N) is 2. The van der Waals surface area contributed by atoms with Gasteiger partial charge in [0.1, 0.15) is 5.78 Å². The van der Waals surface area contributed by atoms with Crippen LogP contribution in [-0.2, 0) is 17.0 Å². The Balaban J connectivity index is 1.93. The fourth-order valence-electron chi connectivity index (χ4n) is 1.68. The molecule has 1 heterocycles. The average molecular weight is 304 g/mol. The van der Waals surface area contributed by atoms with Gasteiger partial charge in [-0.15, -0.1) is 11.8 Å². The lowest BCUT2D eigenvalue weighted by Gasteiger charge is -2.14. The molecule has 0 bridgehead atoms. The molecular weight excluding hydrogens is 284 g/mol. The fourth-order valence-corrected chi connectivity index (χ4v) is 2.53. The Morgan fingerprint density at radius 2 is 2.10 bits per heavy atom. The third-order valence-electron chi connectivity index (χ3n) is 3.02. The molecule has 0 aliphatic rings. The molecule has 0 atom stereocenters. The summed E-state index contributed by atoms with van der Waals surface area (Å²) >= 11 is 1.66. The number of rotatable bonds is 5. The van der Waals surface area contributed by atoms with E-state index in [1.807, 2.05) is 26.8 Å². The van der Waals surface area contributed by atoms with Gasteiger partial charge in [-0.2, -0.15) is 4.98 Å². The van der Waals surface area contributed by atoms with Gasteiger partial charge in [-0.05, 0) is 19.1 Å². The Bertz CT molecular complexity index is 629. The van der Waals surface area contributed by atoms with Crippen molar-refractivity contribution in [3.05, 3.63) is 41.5 Å². The zero-order chi connectivity index (χ0) is 15.5. The Kier molecular flexibility index (Phi) is 4.83. The van der Waals surface area contributed by atoms with Crippen LogP contribution in [0.4, 0.5) is 0 Å². The van der Waals surface area contributed by atoms with E-state index < -0.39 is 0 Å². The van der Waals surface area contributed by atoms with Crippen LogP contribution in [0.25, 0.3) is 0 Å². The lowest BCUT2D eigenvalue weighted by molar-refractivity contribution is -0.125. The Morgan fingerprint density at radius 3 is 2.76 bits per heavy atom. The van der Waals surface area contributed by atoms with Gasteiger partial charge in [0.05, 0.1) is 12.2 Å². The van der Waals surface area contributed by atoms with Crippen molar-refractivity contribution in [3.63, 3.8) is 0 Å². The van der Waals surface area contributed by atoms with E-state index in [1.54, 1.807) is 11.8 Å². The van der Waals surface area contributed by atoms with Crippen LogP contribution in [0.15, 0.2) is 33.7 Å². The van der Waals surface area contributed by atoms with E-state index >= 15 is 0 Å². The number of thioether (sulfide) groups is 1. The number of carbonyl (C=O) groups is 1. The van der Waals surface area contributed by atoms with Crippen LogP contribution < -0.4 is 0 Å². The zero-order valence-corrected chi connectivity index (χ0v) is 13.7. The lowest BCUT2D eigenvalue weighted by atomic mass is 9.89. The van der Waals surface area contributed by atoms with Crippen molar-refractivity contribution in [2.45, 2.75) is 44.8 Å². The van der Waals surface area contributed by atoms with E-state index in [2.05, 4.69) is 35.3 Å². The van der Waals surface area contributed by atoms with Crippen LogP contribution in [0.5, 0.6) is 0 Å². The summed E-state index contributed by atoms with van der Waals surface area (Å²) in [4.78, 5) is 17.4. The predicted molar refractivity (Wildman–Crippen MR) is 83.2 cm³/mol. The largest absolute Gasteiger partial charge is 0.339 e. The highest BCUT2D eigenvalue weighted by atomic mass is 32.2. The molecule has 2 rings (SSSR count). The Morgan fingerprint density at radius 1 is 1.33 bits per heavy atom. The molecule has 0 spiro atoms. The van der Waals surface area contributed by atoms with Crippen molar-refractivity contribution in [2.24, 2.45) is 5.41 Å². The van der Waals surface area contributed by atoms with Crippen molar-refractivity contribution in [1.82, 2.24) is 10.1 Å². The third-order valence-corrected chi connectivity index (χ3v) is 4.01. The van der Waals surface area contributed by atoms with Crippen LogP contribution in [0.2, 0.25) is 0 Å². The number of Topliss-reactive ketones (excluding diaryl/α,β-unsaturated/α-hetero) is 1. The highest BCUT2D eigenvalue weighted by Crippen LogP contribution is 2.23. The standard InChI is InChI=1S/C16H20N2O2S/c1-11-6-5-7-12(8-11)21-10-14-17-15(20-18-14)9-13(19)16(2,3)4/h5-8H,9-10H2,1-4H3. The van der Waals surface area contributed by atoms with Crippen molar-refractivity contribution in [2.75, 3.05) is 0 Å². The van der Waals surface area contributed by atoms with Gasteiger partial charge in [0.15, 0.2) is 5.82 Å². The molecule has 4 nitrogen and oxygen atoms in total. The van der Waals surface area contributed by atoms with Gasteiger partial charge in [-0.25, -0.2) is 0 Å². The molecule has 0 N–H and O–H groups in total. The van der Waals surface area contributed by atoms with E-state index in [0.717, 1.165) is 0 Å². The fraction of sp³-hybridized carbons (Fsp3) is 0.438. The van der Waals surface area contributed by atoms with E-state index in [-0.39, 0.29) is 17.6 Å². The van der Waals surface area contributed by atoms with Gasteiger partial charge in [0, 0.05) is 10.3 Å². The van der Waals surface area contributed by atoms with E-state index in [1.165, 1.54) is 10.5 Å². The van der Waals surface area contributed by atoms with Gasteiger partial charge in [0.25, 0.3) is 0 Å². The maximum absolute atomic E-state index is 11.9. The van der Waals surface area contributed by atoms with Crippen molar-refractivity contribution >= 4 is 17.5 Å². The summed E-state index contributed by atoms with van der Waals surface area (Å²) in [6, 6.07) is 8.27. The number of ketones is 1. The summed E-state index contributed by atoms with van der Waals surface area (Å²) in [5, 5.41) is 3.93. The van der Waals surface area contributed by atoms with Crippen molar-refractivity contribution < 1.29 is 9.32 Å². The molecule has 0 unspecified atom stereocenters. The van der Waals surface area contributed by atoms with Crippen molar-refractivity contribution in [1.29, 1.82) is 0 Å². The molecule has 2 aromatic rings. The monoisotopic (exact) mass is 304 g/mol. The molecular formula is C16H20N2O2S. The highest BCUT2D eigenvalue weighted by Gasteiger charge is 2.23. The lowest BCUT2D eigenvalue weighted by Crippen LogP contribution is -2.22. The Hall–Kier alpha value is -1.62. The molecule has 0 saturated heterocycles. The molecule has 112 valence electrons. The van der Waals surface area contributed by atoms with E-state index in [0.29, 0.717) is 17.5 Å². The molecule has 0 saturated carbocycles. The first-order chi connectivity index (χ1) is 9.84.